The molecule has 0 aliphatic rings. The second-order valence-corrected chi connectivity index (χ2v) is 5.87. The van der Waals surface area contributed by atoms with Crippen LogP contribution < -0.4 is 10.5 Å². The Morgan fingerprint density at radius 2 is 2.00 bits per heavy atom. The van der Waals surface area contributed by atoms with Crippen LogP contribution >= 0.6 is 0 Å². The summed E-state index contributed by atoms with van der Waals surface area (Å²) in [5.41, 5.74) is 10.4. The molecule has 2 N–H and O–H groups in total. The number of ether oxygens (including phenoxy) is 1. The summed E-state index contributed by atoms with van der Waals surface area (Å²) in [6.45, 7) is 5.61. The Labute approximate surface area is 155 Å². The highest BCUT2D eigenvalue weighted by molar-refractivity contribution is 5.91. The van der Waals surface area contributed by atoms with E-state index in [-0.39, 0.29) is 0 Å². The Bertz CT molecular complexity index is 1150. The molecule has 8 heteroatoms. The summed E-state index contributed by atoms with van der Waals surface area (Å²) in [7, 11) is 1.58. The van der Waals surface area contributed by atoms with Gasteiger partial charge in [-0.15, -0.1) is 0 Å². The Kier molecular flexibility index (Phi) is 4.00. The third-order valence-corrected chi connectivity index (χ3v) is 4.15. The molecular formula is C19H17N7O. The lowest BCUT2D eigenvalue weighted by Crippen LogP contribution is -2.01. The highest BCUT2D eigenvalue weighted by Gasteiger charge is 2.17. The topological polar surface area (TPSA) is 105 Å². The van der Waals surface area contributed by atoms with Crippen molar-refractivity contribution in [2.45, 2.75) is 6.92 Å². The quantitative estimate of drug-likeness (QED) is 0.597. The van der Waals surface area contributed by atoms with E-state index in [2.05, 4.69) is 31.5 Å². The predicted octanol–water partition coefficient (Wildman–Crippen LogP) is 2.81. The summed E-state index contributed by atoms with van der Waals surface area (Å²) in [6, 6.07) is 5.56. The molecule has 0 bridgehead atoms. The number of rotatable bonds is 4. The number of aryl methyl sites for hydroxylation is 1. The molecule has 0 radical (unpaired) electrons. The maximum absolute atomic E-state index is 6.10. The van der Waals surface area contributed by atoms with Crippen LogP contribution in [-0.2, 0) is 0 Å². The first kappa shape index (κ1) is 16.6. The highest BCUT2D eigenvalue weighted by atomic mass is 16.5. The van der Waals surface area contributed by atoms with Crippen LogP contribution in [0.4, 0.5) is 5.82 Å². The number of aromatic nitrogens is 6. The zero-order valence-corrected chi connectivity index (χ0v) is 14.9. The van der Waals surface area contributed by atoms with E-state index in [1.165, 1.54) is 0 Å². The van der Waals surface area contributed by atoms with Gasteiger partial charge in [0.1, 0.15) is 29.2 Å². The zero-order valence-electron chi connectivity index (χ0n) is 14.9. The number of hydrogen-bond acceptors (Lipinski definition) is 7. The van der Waals surface area contributed by atoms with Crippen molar-refractivity contribution in [3.8, 4) is 22.8 Å². The van der Waals surface area contributed by atoms with Crippen LogP contribution in [0.15, 0.2) is 43.5 Å². The fourth-order valence-corrected chi connectivity index (χ4v) is 2.81. The van der Waals surface area contributed by atoms with Gasteiger partial charge in [0.25, 0.3) is 0 Å². The maximum Gasteiger partial charge on any atom is 0.213 e. The maximum atomic E-state index is 6.10. The summed E-state index contributed by atoms with van der Waals surface area (Å²) in [5, 5.41) is 0. The van der Waals surface area contributed by atoms with Crippen molar-refractivity contribution in [2.24, 2.45) is 0 Å². The van der Waals surface area contributed by atoms with Crippen molar-refractivity contribution in [3.05, 3.63) is 54.9 Å². The van der Waals surface area contributed by atoms with Crippen molar-refractivity contribution < 1.29 is 4.74 Å². The van der Waals surface area contributed by atoms with Crippen molar-refractivity contribution in [1.29, 1.82) is 0 Å². The van der Waals surface area contributed by atoms with Crippen LogP contribution in [0.2, 0.25) is 0 Å². The van der Waals surface area contributed by atoms with Crippen LogP contribution in [0.5, 0.6) is 5.88 Å². The minimum absolute atomic E-state index is 0.376. The predicted molar refractivity (Wildman–Crippen MR) is 103 cm³/mol. The number of nitrogens with zero attached hydrogens (tertiary/aromatic N) is 6. The number of pyridine rings is 2. The van der Waals surface area contributed by atoms with E-state index in [9.17, 15) is 0 Å². The van der Waals surface area contributed by atoms with Gasteiger partial charge < -0.3 is 10.5 Å². The molecule has 4 heterocycles. The third kappa shape index (κ3) is 2.86. The molecule has 4 aromatic heterocycles. The van der Waals surface area contributed by atoms with E-state index in [1.54, 1.807) is 38.0 Å². The second kappa shape index (κ2) is 6.49. The monoisotopic (exact) mass is 359 g/mol. The molecule has 0 saturated carbocycles. The second-order valence-electron chi connectivity index (χ2n) is 5.87. The van der Waals surface area contributed by atoms with E-state index in [4.69, 9.17) is 10.5 Å². The van der Waals surface area contributed by atoms with Gasteiger partial charge in [0.2, 0.25) is 5.88 Å². The first-order valence-corrected chi connectivity index (χ1v) is 8.21. The number of nitrogen functional groups attached to an aromatic ring is 1. The van der Waals surface area contributed by atoms with Gasteiger partial charge in [-0.05, 0) is 24.6 Å². The number of anilines is 1. The van der Waals surface area contributed by atoms with Crippen LogP contribution in [0, 0.1) is 6.92 Å². The van der Waals surface area contributed by atoms with Crippen LogP contribution in [0.1, 0.15) is 11.4 Å². The van der Waals surface area contributed by atoms with Crippen LogP contribution in [0.25, 0.3) is 34.2 Å². The fourth-order valence-electron chi connectivity index (χ4n) is 2.81. The standard InChI is InChI=1S/C19H17N7O/c1-4-12-7-14(18(20)22-8-12)16-17-19(25-11(2)24-16)26(10-23-17)13-5-6-15(27-3)21-9-13/h4-10H,1H2,2-3H3,(H2,20,22). The zero-order chi connectivity index (χ0) is 19.0. The summed E-state index contributed by atoms with van der Waals surface area (Å²) >= 11 is 0. The molecule has 0 amide bonds. The van der Waals surface area contributed by atoms with Gasteiger partial charge in [-0.2, -0.15) is 0 Å². The summed E-state index contributed by atoms with van der Waals surface area (Å²) < 4.78 is 6.96. The summed E-state index contributed by atoms with van der Waals surface area (Å²) in [4.78, 5) is 22.1. The summed E-state index contributed by atoms with van der Waals surface area (Å²) in [5.74, 6) is 1.51. The minimum atomic E-state index is 0.376. The SMILES string of the molecule is C=Cc1cnc(N)c(-c2nc(C)nc3c2ncn3-c2ccc(OC)nc2)c1. The Hall–Kier alpha value is -3.81. The van der Waals surface area contributed by atoms with Gasteiger partial charge in [0.15, 0.2) is 5.65 Å². The lowest BCUT2D eigenvalue weighted by molar-refractivity contribution is 0.398. The van der Waals surface area contributed by atoms with E-state index in [1.807, 2.05) is 23.6 Å². The van der Waals surface area contributed by atoms with Gasteiger partial charge in [-0.3, -0.25) is 4.57 Å². The van der Waals surface area contributed by atoms with Crippen LogP contribution in [0.3, 0.4) is 0 Å². The molecule has 0 saturated heterocycles. The smallest absolute Gasteiger partial charge is 0.213 e. The number of methoxy groups -OCH3 is 1. The first-order valence-electron chi connectivity index (χ1n) is 8.21. The molecule has 0 aliphatic heterocycles. The van der Waals surface area contributed by atoms with Gasteiger partial charge in [-0.25, -0.2) is 24.9 Å². The normalized spacial score (nSPS) is 10.9. The molecule has 0 aromatic carbocycles. The lowest BCUT2D eigenvalue weighted by atomic mass is 10.1. The first-order chi connectivity index (χ1) is 13.1. The molecule has 4 aromatic rings. The number of fused-ring (bicyclic) bond motifs is 1. The number of hydrogen-bond donors (Lipinski definition) is 1. The Morgan fingerprint density at radius 1 is 1.15 bits per heavy atom. The third-order valence-electron chi connectivity index (χ3n) is 4.15. The molecule has 0 spiro atoms. The average Bonchev–Trinajstić information content (AvgIpc) is 3.11. The van der Waals surface area contributed by atoms with E-state index < -0.39 is 0 Å². The van der Waals surface area contributed by atoms with Crippen molar-refractivity contribution in [3.63, 3.8) is 0 Å². The van der Waals surface area contributed by atoms with Gasteiger partial charge in [0.05, 0.1) is 19.0 Å². The highest BCUT2D eigenvalue weighted by Crippen LogP contribution is 2.30. The van der Waals surface area contributed by atoms with Gasteiger partial charge in [-0.1, -0.05) is 12.7 Å². The summed E-state index contributed by atoms with van der Waals surface area (Å²) in [6.07, 6.45) is 6.76. The Morgan fingerprint density at radius 3 is 2.70 bits per heavy atom. The molecular weight excluding hydrogens is 342 g/mol. The van der Waals surface area contributed by atoms with Crippen LogP contribution in [-0.4, -0.2) is 36.6 Å². The molecule has 4 rings (SSSR count). The van der Waals surface area contributed by atoms with E-state index in [0.29, 0.717) is 39.9 Å². The number of nitrogens with two attached hydrogens (primary N) is 1. The van der Waals surface area contributed by atoms with Gasteiger partial charge in [0, 0.05) is 17.8 Å². The van der Waals surface area contributed by atoms with Gasteiger partial charge >= 0.3 is 0 Å². The molecule has 0 fully saturated rings. The molecule has 0 aliphatic carbocycles. The van der Waals surface area contributed by atoms with Crippen molar-refractivity contribution in [1.82, 2.24) is 29.5 Å². The molecule has 134 valence electrons. The average molecular weight is 359 g/mol. The number of imidazole rings is 1. The molecule has 0 atom stereocenters. The molecule has 8 nitrogen and oxygen atoms in total. The molecule has 27 heavy (non-hydrogen) atoms. The lowest BCUT2D eigenvalue weighted by Gasteiger charge is -2.09. The fraction of sp³-hybridized carbons (Fsp3) is 0.105. The van der Waals surface area contributed by atoms with E-state index >= 15 is 0 Å². The minimum Gasteiger partial charge on any atom is -0.481 e. The van der Waals surface area contributed by atoms with E-state index in [0.717, 1.165) is 11.3 Å². The van der Waals surface area contributed by atoms with Crippen molar-refractivity contribution in [2.75, 3.05) is 12.8 Å². The largest absolute Gasteiger partial charge is 0.481 e. The Balaban J connectivity index is 1.94. The van der Waals surface area contributed by atoms with Crippen molar-refractivity contribution >= 4 is 23.1 Å². The molecule has 0 unspecified atom stereocenters.